The SMILES string of the molecule is CCc1ccc(CN(C)S(=O)(=O)CC(C)CCl)cc1. The van der Waals surface area contributed by atoms with Crippen LogP contribution in [0, 0.1) is 5.92 Å². The van der Waals surface area contributed by atoms with Crippen molar-refractivity contribution < 1.29 is 8.42 Å². The van der Waals surface area contributed by atoms with E-state index in [1.165, 1.54) is 9.87 Å². The Morgan fingerprint density at radius 3 is 2.21 bits per heavy atom. The molecule has 0 radical (unpaired) electrons. The van der Waals surface area contributed by atoms with Crippen molar-refractivity contribution in [1.82, 2.24) is 4.31 Å². The van der Waals surface area contributed by atoms with Gasteiger partial charge in [-0.3, -0.25) is 0 Å². The molecule has 108 valence electrons. The molecule has 0 aliphatic rings. The lowest BCUT2D eigenvalue weighted by atomic mass is 10.1. The van der Waals surface area contributed by atoms with Crippen molar-refractivity contribution in [3.63, 3.8) is 0 Å². The number of nitrogens with zero attached hydrogens (tertiary/aromatic N) is 1. The second-order valence-electron chi connectivity index (χ2n) is 4.96. The molecule has 0 saturated carbocycles. The predicted octanol–water partition coefficient (Wildman–Crippen LogP) is 2.89. The molecule has 1 atom stereocenters. The lowest BCUT2D eigenvalue weighted by Crippen LogP contribution is -2.31. The van der Waals surface area contributed by atoms with Gasteiger partial charge >= 0.3 is 0 Å². The smallest absolute Gasteiger partial charge is 0.212 e. The van der Waals surface area contributed by atoms with Gasteiger partial charge in [-0.05, 0) is 23.5 Å². The number of sulfonamides is 1. The zero-order valence-corrected chi connectivity index (χ0v) is 13.3. The Bertz CT molecular complexity index is 485. The summed E-state index contributed by atoms with van der Waals surface area (Å²) < 4.78 is 25.6. The zero-order chi connectivity index (χ0) is 14.5. The first kappa shape index (κ1) is 16.5. The summed E-state index contributed by atoms with van der Waals surface area (Å²) in [6, 6.07) is 8.04. The second-order valence-corrected chi connectivity index (χ2v) is 7.39. The monoisotopic (exact) mass is 303 g/mol. The van der Waals surface area contributed by atoms with Crippen molar-refractivity contribution in [1.29, 1.82) is 0 Å². The Balaban J connectivity index is 2.69. The van der Waals surface area contributed by atoms with Crippen LogP contribution in [0.15, 0.2) is 24.3 Å². The maximum absolute atomic E-state index is 12.1. The van der Waals surface area contributed by atoms with Crippen LogP contribution in [0.25, 0.3) is 0 Å². The molecule has 0 aliphatic heterocycles. The van der Waals surface area contributed by atoms with Gasteiger partial charge in [-0.1, -0.05) is 38.1 Å². The van der Waals surface area contributed by atoms with Crippen LogP contribution in [0.2, 0.25) is 0 Å². The van der Waals surface area contributed by atoms with Crippen LogP contribution < -0.4 is 0 Å². The van der Waals surface area contributed by atoms with Gasteiger partial charge < -0.3 is 0 Å². The van der Waals surface area contributed by atoms with Crippen LogP contribution in [0.1, 0.15) is 25.0 Å². The molecule has 19 heavy (non-hydrogen) atoms. The molecule has 0 aromatic heterocycles. The average molecular weight is 304 g/mol. The van der Waals surface area contributed by atoms with E-state index in [9.17, 15) is 8.42 Å². The van der Waals surface area contributed by atoms with E-state index < -0.39 is 10.0 Å². The highest BCUT2D eigenvalue weighted by Gasteiger charge is 2.20. The lowest BCUT2D eigenvalue weighted by molar-refractivity contribution is 0.460. The molecule has 0 amide bonds. The number of aryl methyl sites for hydroxylation is 1. The predicted molar refractivity (Wildman–Crippen MR) is 81.0 cm³/mol. The standard InChI is InChI=1S/C14H22ClNO2S/c1-4-13-5-7-14(8-6-13)10-16(3)19(17,18)11-12(2)9-15/h5-8,12H,4,9-11H2,1-3H3. The van der Waals surface area contributed by atoms with Crippen molar-refractivity contribution in [3.8, 4) is 0 Å². The van der Waals surface area contributed by atoms with Gasteiger partial charge in [-0.25, -0.2) is 12.7 Å². The van der Waals surface area contributed by atoms with E-state index in [0.29, 0.717) is 12.4 Å². The number of benzene rings is 1. The normalized spacial score (nSPS) is 13.7. The number of hydrogen-bond acceptors (Lipinski definition) is 2. The van der Waals surface area contributed by atoms with Gasteiger partial charge in [0.2, 0.25) is 10.0 Å². The third kappa shape index (κ3) is 5.13. The maximum Gasteiger partial charge on any atom is 0.214 e. The minimum Gasteiger partial charge on any atom is -0.212 e. The number of alkyl halides is 1. The summed E-state index contributed by atoms with van der Waals surface area (Å²) in [6.45, 7) is 4.34. The highest BCUT2D eigenvalue weighted by Crippen LogP contribution is 2.12. The maximum atomic E-state index is 12.1. The first-order valence-electron chi connectivity index (χ1n) is 6.46. The van der Waals surface area contributed by atoms with Crippen LogP contribution in [0.3, 0.4) is 0 Å². The summed E-state index contributed by atoms with van der Waals surface area (Å²) in [4.78, 5) is 0. The molecule has 0 spiro atoms. The molecule has 1 aromatic rings. The molecule has 0 bridgehead atoms. The summed E-state index contributed by atoms with van der Waals surface area (Å²) in [7, 11) is -1.62. The number of halogens is 1. The van der Waals surface area contributed by atoms with Crippen LogP contribution in [-0.4, -0.2) is 31.4 Å². The summed E-state index contributed by atoms with van der Waals surface area (Å²) in [5, 5.41) is 0. The molecule has 5 heteroatoms. The highest BCUT2D eigenvalue weighted by atomic mass is 35.5. The van der Waals surface area contributed by atoms with Crippen LogP contribution in [-0.2, 0) is 23.0 Å². The topological polar surface area (TPSA) is 37.4 Å². The molecule has 0 heterocycles. The van der Waals surface area contributed by atoms with E-state index in [1.807, 2.05) is 31.2 Å². The van der Waals surface area contributed by atoms with Crippen molar-refractivity contribution in [2.75, 3.05) is 18.7 Å². The van der Waals surface area contributed by atoms with E-state index in [2.05, 4.69) is 6.92 Å². The Kier molecular flexibility index (Phi) is 6.30. The Morgan fingerprint density at radius 1 is 1.21 bits per heavy atom. The molecule has 0 N–H and O–H groups in total. The third-order valence-corrected chi connectivity index (χ3v) is 5.67. The van der Waals surface area contributed by atoms with E-state index in [1.54, 1.807) is 7.05 Å². The van der Waals surface area contributed by atoms with Crippen LogP contribution >= 0.6 is 11.6 Å². The van der Waals surface area contributed by atoms with E-state index >= 15 is 0 Å². The fourth-order valence-electron chi connectivity index (χ4n) is 1.77. The minimum atomic E-state index is -3.24. The van der Waals surface area contributed by atoms with Gasteiger partial charge in [0.1, 0.15) is 0 Å². The highest BCUT2D eigenvalue weighted by molar-refractivity contribution is 7.89. The summed E-state index contributed by atoms with van der Waals surface area (Å²) >= 11 is 5.67. The molecule has 0 aliphatic carbocycles. The third-order valence-electron chi connectivity index (χ3n) is 3.07. The first-order chi connectivity index (χ1) is 8.89. The Morgan fingerprint density at radius 2 is 1.74 bits per heavy atom. The number of hydrogen-bond donors (Lipinski definition) is 0. The molecule has 0 fully saturated rings. The van der Waals surface area contributed by atoms with E-state index in [-0.39, 0.29) is 11.7 Å². The van der Waals surface area contributed by atoms with E-state index in [0.717, 1.165) is 12.0 Å². The summed E-state index contributed by atoms with van der Waals surface area (Å²) in [5.74, 6) is 0.426. The second kappa shape index (κ2) is 7.27. The molecule has 1 aromatic carbocycles. The van der Waals surface area contributed by atoms with Gasteiger partial charge in [0.05, 0.1) is 5.75 Å². The van der Waals surface area contributed by atoms with Crippen molar-refractivity contribution in [2.45, 2.75) is 26.8 Å². The van der Waals surface area contributed by atoms with Gasteiger partial charge in [-0.2, -0.15) is 0 Å². The zero-order valence-electron chi connectivity index (χ0n) is 11.8. The van der Waals surface area contributed by atoms with Crippen molar-refractivity contribution >= 4 is 21.6 Å². The van der Waals surface area contributed by atoms with E-state index in [4.69, 9.17) is 11.6 Å². The molecular formula is C14H22ClNO2S. The number of rotatable bonds is 7. The Hall–Kier alpha value is -0.580. The molecule has 3 nitrogen and oxygen atoms in total. The quantitative estimate of drug-likeness (QED) is 0.726. The fraction of sp³-hybridized carbons (Fsp3) is 0.571. The van der Waals surface area contributed by atoms with Gasteiger partial charge in [0.25, 0.3) is 0 Å². The lowest BCUT2D eigenvalue weighted by Gasteiger charge is -2.19. The Labute approximate surface area is 121 Å². The van der Waals surface area contributed by atoms with Crippen LogP contribution in [0.4, 0.5) is 0 Å². The van der Waals surface area contributed by atoms with Gasteiger partial charge in [0, 0.05) is 19.5 Å². The first-order valence-corrected chi connectivity index (χ1v) is 8.61. The van der Waals surface area contributed by atoms with Gasteiger partial charge in [-0.15, -0.1) is 11.6 Å². The summed E-state index contributed by atoms with van der Waals surface area (Å²) in [6.07, 6.45) is 0.988. The van der Waals surface area contributed by atoms with Gasteiger partial charge in [0.15, 0.2) is 0 Å². The fourth-order valence-corrected chi connectivity index (χ4v) is 3.44. The molecule has 1 unspecified atom stereocenters. The van der Waals surface area contributed by atoms with Crippen LogP contribution in [0.5, 0.6) is 0 Å². The largest absolute Gasteiger partial charge is 0.214 e. The average Bonchev–Trinajstić information content (AvgIpc) is 2.39. The molecule has 1 rings (SSSR count). The van der Waals surface area contributed by atoms with Crippen molar-refractivity contribution in [3.05, 3.63) is 35.4 Å². The molecular weight excluding hydrogens is 282 g/mol. The minimum absolute atomic E-state index is 0.0309. The molecule has 0 saturated heterocycles. The summed E-state index contributed by atoms with van der Waals surface area (Å²) in [5.41, 5.74) is 2.26. The van der Waals surface area contributed by atoms with Crippen molar-refractivity contribution in [2.24, 2.45) is 5.92 Å².